The summed E-state index contributed by atoms with van der Waals surface area (Å²) in [7, 11) is 3.98. The monoisotopic (exact) mass is 289 g/mol. The van der Waals surface area contributed by atoms with Crippen LogP contribution in [0.15, 0.2) is 30.5 Å². The summed E-state index contributed by atoms with van der Waals surface area (Å²) in [6.45, 7) is 1.94. The van der Waals surface area contributed by atoms with E-state index in [9.17, 15) is 4.79 Å². The number of likely N-dealkylation sites (N-methyl/N-ethyl adjacent to an activating group) is 1. The first kappa shape index (κ1) is 16.9. The lowest BCUT2D eigenvalue weighted by atomic mass is 10.1. The fourth-order valence-corrected chi connectivity index (χ4v) is 1.68. The minimum Gasteiger partial charge on any atom is -0.404 e. The Hall–Kier alpha value is -2.18. The number of nitrogens with one attached hydrogen (secondary N) is 3. The fourth-order valence-electron chi connectivity index (χ4n) is 1.68. The minimum absolute atomic E-state index is 0.0804. The molecule has 1 aromatic rings. The number of carbonyl (C=O) groups is 1. The first-order valence-electron chi connectivity index (χ1n) is 6.75. The number of hydrogen-bond acceptors (Lipinski definition) is 5. The first-order valence-corrected chi connectivity index (χ1v) is 6.75. The van der Waals surface area contributed by atoms with E-state index in [-0.39, 0.29) is 12.5 Å². The molecule has 0 saturated heterocycles. The highest BCUT2D eigenvalue weighted by atomic mass is 16.1. The van der Waals surface area contributed by atoms with E-state index < -0.39 is 0 Å². The van der Waals surface area contributed by atoms with E-state index in [1.54, 1.807) is 12.1 Å². The molecule has 0 heterocycles. The van der Waals surface area contributed by atoms with Gasteiger partial charge in [-0.1, -0.05) is 12.1 Å². The van der Waals surface area contributed by atoms with Gasteiger partial charge in [0.15, 0.2) is 0 Å². The molecule has 0 unspecified atom stereocenters. The number of nitrogens with two attached hydrogens (primary N) is 1. The molecule has 5 N–H and O–H groups in total. The Morgan fingerprint density at radius 3 is 2.52 bits per heavy atom. The van der Waals surface area contributed by atoms with Crippen molar-refractivity contribution in [2.75, 3.05) is 39.0 Å². The summed E-state index contributed by atoms with van der Waals surface area (Å²) in [5, 5.41) is 13.1. The number of allylic oxidation sites excluding steroid dienone is 1. The molecule has 0 bridgehead atoms. The zero-order valence-electron chi connectivity index (χ0n) is 12.5. The van der Waals surface area contributed by atoms with Gasteiger partial charge in [0, 0.05) is 36.8 Å². The molecular formula is C15H23N5O. The van der Waals surface area contributed by atoms with Crippen molar-refractivity contribution in [3.8, 4) is 0 Å². The molecule has 0 aromatic heterocycles. The van der Waals surface area contributed by atoms with E-state index in [0.717, 1.165) is 24.3 Å². The average Bonchev–Trinajstić information content (AvgIpc) is 2.46. The van der Waals surface area contributed by atoms with E-state index in [1.165, 1.54) is 12.4 Å². The second-order valence-corrected chi connectivity index (χ2v) is 4.87. The van der Waals surface area contributed by atoms with Crippen molar-refractivity contribution < 1.29 is 4.79 Å². The van der Waals surface area contributed by atoms with Gasteiger partial charge in [0.2, 0.25) is 5.91 Å². The van der Waals surface area contributed by atoms with Gasteiger partial charge in [-0.25, -0.2) is 0 Å². The smallest absolute Gasteiger partial charge is 0.238 e. The Balaban J connectivity index is 2.45. The molecule has 6 nitrogen and oxygen atoms in total. The quantitative estimate of drug-likeness (QED) is 0.419. The normalized spacial score (nSPS) is 11.5. The predicted molar refractivity (Wildman–Crippen MR) is 87.4 cm³/mol. The van der Waals surface area contributed by atoms with Crippen LogP contribution in [0, 0.1) is 5.41 Å². The fraction of sp³-hybridized carbons (Fsp3) is 0.333. The Labute approximate surface area is 125 Å². The van der Waals surface area contributed by atoms with Crippen LogP contribution in [0.3, 0.4) is 0 Å². The molecule has 0 saturated carbocycles. The number of anilines is 1. The summed E-state index contributed by atoms with van der Waals surface area (Å²) in [6.07, 6.45) is 2.58. The maximum atomic E-state index is 11.7. The lowest BCUT2D eigenvalue weighted by Gasteiger charge is -2.10. The van der Waals surface area contributed by atoms with Gasteiger partial charge in [0.1, 0.15) is 0 Å². The van der Waals surface area contributed by atoms with Gasteiger partial charge < -0.3 is 26.7 Å². The Morgan fingerprint density at radius 1 is 1.33 bits per heavy atom. The summed E-state index contributed by atoms with van der Waals surface area (Å²) >= 11 is 0. The Bertz CT molecular complexity index is 493. The van der Waals surface area contributed by atoms with Crippen LogP contribution in [-0.4, -0.2) is 50.8 Å². The van der Waals surface area contributed by atoms with Gasteiger partial charge in [-0.3, -0.25) is 4.79 Å². The van der Waals surface area contributed by atoms with Gasteiger partial charge >= 0.3 is 0 Å². The molecule has 0 aliphatic carbocycles. The molecule has 114 valence electrons. The van der Waals surface area contributed by atoms with Gasteiger partial charge in [-0.15, -0.1) is 0 Å². The average molecular weight is 289 g/mol. The van der Waals surface area contributed by atoms with Crippen molar-refractivity contribution in [1.29, 1.82) is 5.41 Å². The maximum absolute atomic E-state index is 11.7. The SMILES string of the molecule is CN(C)CCNCC(=O)Nc1ccc(/C(C=N)=C/N)cc1. The molecule has 1 amide bonds. The summed E-state index contributed by atoms with van der Waals surface area (Å²) in [5.74, 6) is -0.0804. The van der Waals surface area contributed by atoms with Crippen molar-refractivity contribution in [3.63, 3.8) is 0 Å². The van der Waals surface area contributed by atoms with Crippen LogP contribution >= 0.6 is 0 Å². The largest absolute Gasteiger partial charge is 0.404 e. The van der Waals surface area contributed by atoms with Gasteiger partial charge in [0.25, 0.3) is 0 Å². The van der Waals surface area contributed by atoms with Crippen LogP contribution in [0.2, 0.25) is 0 Å². The molecule has 6 heteroatoms. The molecule has 0 spiro atoms. The highest BCUT2D eigenvalue weighted by molar-refractivity contribution is 6.08. The number of carbonyl (C=O) groups excluding carboxylic acids is 1. The second kappa shape index (κ2) is 8.89. The van der Waals surface area contributed by atoms with E-state index in [0.29, 0.717) is 5.57 Å². The molecule has 1 aromatic carbocycles. The van der Waals surface area contributed by atoms with Crippen LogP contribution in [-0.2, 0) is 4.79 Å². The van der Waals surface area contributed by atoms with Crippen LogP contribution < -0.4 is 16.4 Å². The van der Waals surface area contributed by atoms with E-state index >= 15 is 0 Å². The predicted octanol–water partition coefficient (Wildman–Crippen LogP) is 0.725. The lowest BCUT2D eigenvalue weighted by molar-refractivity contribution is -0.115. The van der Waals surface area contributed by atoms with Crippen LogP contribution in [0.25, 0.3) is 5.57 Å². The highest BCUT2D eigenvalue weighted by Gasteiger charge is 2.03. The zero-order chi connectivity index (χ0) is 15.7. The van der Waals surface area contributed by atoms with Crippen molar-refractivity contribution in [2.24, 2.45) is 5.73 Å². The van der Waals surface area contributed by atoms with Crippen molar-refractivity contribution >= 4 is 23.4 Å². The molecular weight excluding hydrogens is 266 g/mol. The third-order valence-corrected chi connectivity index (χ3v) is 2.86. The number of hydrogen-bond donors (Lipinski definition) is 4. The summed E-state index contributed by atoms with van der Waals surface area (Å²) in [5.41, 5.74) is 7.63. The molecule has 0 aliphatic rings. The first-order chi connectivity index (χ1) is 10.1. The van der Waals surface area contributed by atoms with E-state index in [4.69, 9.17) is 11.1 Å². The standard InChI is InChI=1S/C15H23N5O/c1-20(2)8-7-18-11-15(21)19-14-5-3-12(4-6-14)13(9-16)10-17/h3-6,9-10,16,18H,7-8,11,17H2,1-2H3,(H,19,21)/b13-10+,16-9?. The van der Waals surface area contributed by atoms with Crippen LogP contribution in [0.5, 0.6) is 0 Å². The number of nitrogens with zero attached hydrogens (tertiary/aromatic N) is 1. The Kier molecular flexibility index (Phi) is 7.14. The number of benzene rings is 1. The van der Waals surface area contributed by atoms with Crippen LogP contribution in [0.4, 0.5) is 5.69 Å². The molecule has 21 heavy (non-hydrogen) atoms. The minimum atomic E-state index is -0.0804. The lowest BCUT2D eigenvalue weighted by Crippen LogP contribution is -2.33. The highest BCUT2D eigenvalue weighted by Crippen LogP contribution is 2.15. The number of rotatable bonds is 8. The Morgan fingerprint density at radius 2 is 2.00 bits per heavy atom. The zero-order valence-corrected chi connectivity index (χ0v) is 12.5. The summed E-state index contributed by atoms with van der Waals surface area (Å²) in [6, 6.07) is 7.22. The van der Waals surface area contributed by atoms with Crippen molar-refractivity contribution in [3.05, 3.63) is 36.0 Å². The van der Waals surface area contributed by atoms with E-state index in [1.807, 2.05) is 26.2 Å². The summed E-state index contributed by atoms with van der Waals surface area (Å²) < 4.78 is 0. The van der Waals surface area contributed by atoms with Crippen molar-refractivity contribution in [1.82, 2.24) is 10.2 Å². The van der Waals surface area contributed by atoms with Gasteiger partial charge in [-0.05, 0) is 31.8 Å². The van der Waals surface area contributed by atoms with Gasteiger partial charge in [-0.2, -0.15) is 0 Å². The van der Waals surface area contributed by atoms with Gasteiger partial charge in [0.05, 0.1) is 6.54 Å². The topological polar surface area (TPSA) is 94.2 Å². The molecule has 1 rings (SSSR count). The maximum Gasteiger partial charge on any atom is 0.238 e. The molecule has 0 atom stereocenters. The second-order valence-electron chi connectivity index (χ2n) is 4.87. The molecule has 0 fully saturated rings. The van der Waals surface area contributed by atoms with Crippen molar-refractivity contribution in [2.45, 2.75) is 0 Å². The third-order valence-electron chi connectivity index (χ3n) is 2.86. The van der Waals surface area contributed by atoms with Crippen LogP contribution in [0.1, 0.15) is 5.56 Å². The van der Waals surface area contributed by atoms with E-state index in [2.05, 4.69) is 15.5 Å². The third kappa shape index (κ3) is 6.20. The number of amides is 1. The molecule has 0 radical (unpaired) electrons. The summed E-state index contributed by atoms with van der Waals surface area (Å²) in [4.78, 5) is 13.8. The molecule has 0 aliphatic heterocycles.